The van der Waals surface area contributed by atoms with Gasteiger partial charge in [-0.2, -0.15) is 0 Å². The van der Waals surface area contributed by atoms with Crippen molar-refractivity contribution in [2.24, 2.45) is 0 Å². The van der Waals surface area contributed by atoms with E-state index in [2.05, 4.69) is 5.32 Å². The highest BCUT2D eigenvalue weighted by atomic mass is 32.1. The molecule has 0 saturated carbocycles. The fourth-order valence-corrected chi connectivity index (χ4v) is 2.89. The molecule has 1 aromatic rings. The molecular weight excluding hydrogens is 250 g/mol. The monoisotopic (exact) mass is 269 g/mol. The molecule has 0 saturated heterocycles. The van der Waals surface area contributed by atoms with Crippen LogP contribution in [0.2, 0.25) is 0 Å². The molecule has 1 aliphatic heterocycles. The molecule has 0 bridgehead atoms. The van der Waals surface area contributed by atoms with E-state index in [4.69, 9.17) is 9.47 Å². The molecule has 4 nitrogen and oxygen atoms in total. The van der Waals surface area contributed by atoms with E-state index in [1.807, 2.05) is 25.3 Å². The Kier molecular flexibility index (Phi) is 4.74. The predicted molar refractivity (Wildman–Crippen MR) is 70.8 cm³/mol. The largest absolute Gasteiger partial charge is 0.462 e. The van der Waals surface area contributed by atoms with Crippen LogP contribution in [0.5, 0.6) is 0 Å². The summed E-state index contributed by atoms with van der Waals surface area (Å²) in [5.41, 5.74) is 1.07. The molecule has 2 rings (SSSR count). The van der Waals surface area contributed by atoms with Crippen LogP contribution in [0.4, 0.5) is 0 Å². The van der Waals surface area contributed by atoms with Crippen molar-refractivity contribution < 1.29 is 14.3 Å². The number of fused-ring (bicyclic) bond motifs is 1. The Morgan fingerprint density at radius 2 is 2.39 bits per heavy atom. The van der Waals surface area contributed by atoms with Crippen molar-refractivity contribution in [3.05, 3.63) is 21.9 Å². The van der Waals surface area contributed by atoms with Gasteiger partial charge < -0.3 is 14.8 Å². The standard InChI is InChI=1S/C13H19NO3S/c1-9(2)16-6-7-17-13(15)12-10-4-8-18-11(10)3-5-14-12/h4,8-9,12,14H,3,5-7H2,1-2H3. The second-order valence-electron chi connectivity index (χ2n) is 4.52. The van der Waals surface area contributed by atoms with E-state index >= 15 is 0 Å². The molecule has 1 aliphatic rings. The molecule has 2 heterocycles. The molecule has 1 aromatic heterocycles. The molecule has 0 spiro atoms. The summed E-state index contributed by atoms with van der Waals surface area (Å²) in [5, 5.41) is 5.23. The summed E-state index contributed by atoms with van der Waals surface area (Å²) in [7, 11) is 0. The van der Waals surface area contributed by atoms with Crippen LogP contribution >= 0.6 is 11.3 Å². The average Bonchev–Trinajstić information content (AvgIpc) is 2.82. The molecular formula is C13H19NO3S. The van der Waals surface area contributed by atoms with E-state index in [9.17, 15) is 4.79 Å². The third kappa shape index (κ3) is 3.31. The zero-order valence-corrected chi connectivity index (χ0v) is 11.6. The smallest absolute Gasteiger partial charge is 0.327 e. The second-order valence-corrected chi connectivity index (χ2v) is 5.52. The molecule has 0 fully saturated rings. The van der Waals surface area contributed by atoms with Gasteiger partial charge in [0.2, 0.25) is 0 Å². The lowest BCUT2D eigenvalue weighted by atomic mass is 10.0. The van der Waals surface area contributed by atoms with Gasteiger partial charge in [-0.1, -0.05) is 0 Å². The molecule has 0 amide bonds. The Bertz CT molecular complexity index is 403. The van der Waals surface area contributed by atoms with Gasteiger partial charge in [0.25, 0.3) is 0 Å². The van der Waals surface area contributed by atoms with Crippen molar-refractivity contribution in [2.45, 2.75) is 32.4 Å². The Morgan fingerprint density at radius 3 is 3.17 bits per heavy atom. The number of esters is 1. The number of nitrogens with one attached hydrogen (secondary N) is 1. The molecule has 100 valence electrons. The molecule has 0 radical (unpaired) electrons. The van der Waals surface area contributed by atoms with Gasteiger partial charge in [-0.25, -0.2) is 4.79 Å². The van der Waals surface area contributed by atoms with Crippen molar-refractivity contribution >= 4 is 17.3 Å². The van der Waals surface area contributed by atoms with Crippen LogP contribution < -0.4 is 5.32 Å². The Balaban J connectivity index is 1.84. The Morgan fingerprint density at radius 1 is 1.56 bits per heavy atom. The SMILES string of the molecule is CC(C)OCCOC(=O)C1NCCc2sccc21. The maximum absolute atomic E-state index is 12.0. The minimum absolute atomic E-state index is 0.167. The number of rotatable bonds is 5. The van der Waals surface area contributed by atoms with Crippen molar-refractivity contribution in [2.75, 3.05) is 19.8 Å². The quantitative estimate of drug-likeness (QED) is 0.655. The summed E-state index contributed by atoms with van der Waals surface area (Å²) in [6.07, 6.45) is 1.16. The summed E-state index contributed by atoms with van der Waals surface area (Å²) in [5.74, 6) is -0.207. The first-order valence-corrected chi connectivity index (χ1v) is 7.14. The zero-order valence-electron chi connectivity index (χ0n) is 10.8. The van der Waals surface area contributed by atoms with Gasteiger partial charge in [0.05, 0.1) is 12.7 Å². The van der Waals surface area contributed by atoms with Crippen LogP contribution in [0.15, 0.2) is 11.4 Å². The maximum Gasteiger partial charge on any atom is 0.327 e. The van der Waals surface area contributed by atoms with Gasteiger partial charge in [0.15, 0.2) is 0 Å². The van der Waals surface area contributed by atoms with Gasteiger partial charge >= 0.3 is 5.97 Å². The normalized spacial score (nSPS) is 18.7. The van der Waals surface area contributed by atoms with E-state index in [-0.39, 0.29) is 18.1 Å². The van der Waals surface area contributed by atoms with Crippen LogP contribution in [0, 0.1) is 0 Å². The van der Waals surface area contributed by atoms with Crippen LogP contribution in [0.3, 0.4) is 0 Å². The zero-order chi connectivity index (χ0) is 13.0. The first kappa shape index (κ1) is 13.5. The Hall–Kier alpha value is -0.910. The molecule has 1 unspecified atom stereocenters. The van der Waals surface area contributed by atoms with Crippen LogP contribution in [-0.4, -0.2) is 31.8 Å². The molecule has 0 aromatic carbocycles. The number of carbonyl (C=O) groups is 1. The van der Waals surface area contributed by atoms with Crippen molar-refractivity contribution in [3.63, 3.8) is 0 Å². The third-order valence-electron chi connectivity index (χ3n) is 2.81. The molecule has 18 heavy (non-hydrogen) atoms. The summed E-state index contributed by atoms with van der Waals surface area (Å²) < 4.78 is 10.6. The van der Waals surface area contributed by atoms with E-state index < -0.39 is 0 Å². The lowest BCUT2D eigenvalue weighted by molar-refractivity contribution is -0.148. The van der Waals surface area contributed by atoms with Gasteiger partial charge in [0, 0.05) is 11.4 Å². The highest BCUT2D eigenvalue weighted by Crippen LogP contribution is 2.28. The van der Waals surface area contributed by atoms with Gasteiger partial charge in [0.1, 0.15) is 12.6 Å². The number of thiophene rings is 1. The number of hydrogen-bond donors (Lipinski definition) is 1. The van der Waals surface area contributed by atoms with Gasteiger partial charge in [-0.3, -0.25) is 0 Å². The highest BCUT2D eigenvalue weighted by molar-refractivity contribution is 7.10. The van der Waals surface area contributed by atoms with Crippen LogP contribution in [0.25, 0.3) is 0 Å². The first-order valence-electron chi connectivity index (χ1n) is 6.26. The third-order valence-corrected chi connectivity index (χ3v) is 3.80. The maximum atomic E-state index is 12.0. The van der Waals surface area contributed by atoms with Crippen molar-refractivity contribution in [1.29, 1.82) is 0 Å². The van der Waals surface area contributed by atoms with Crippen molar-refractivity contribution in [1.82, 2.24) is 5.32 Å². The molecule has 5 heteroatoms. The number of carbonyl (C=O) groups excluding carboxylic acids is 1. The summed E-state index contributed by atoms with van der Waals surface area (Å²) >= 11 is 1.71. The Labute approximate surface area is 111 Å². The fraction of sp³-hybridized carbons (Fsp3) is 0.615. The van der Waals surface area contributed by atoms with Gasteiger partial charge in [-0.15, -0.1) is 11.3 Å². The topological polar surface area (TPSA) is 47.6 Å². The van der Waals surface area contributed by atoms with Crippen LogP contribution in [-0.2, 0) is 20.7 Å². The van der Waals surface area contributed by atoms with Gasteiger partial charge in [-0.05, 0) is 37.3 Å². The summed E-state index contributed by atoms with van der Waals surface area (Å²) in [6, 6.07) is 1.70. The van der Waals surface area contributed by atoms with E-state index in [0.29, 0.717) is 13.2 Å². The lowest BCUT2D eigenvalue weighted by Crippen LogP contribution is -2.35. The molecule has 1 N–H and O–H groups in total. The summed E-state index contributed by atoms with van der Waals surface area (Å²) in [6.45, 7) is 5.52. The molecule has 0 aliphatic carbocycles. The van der Waals surface area contributed by atoms with E-state index in [1.165, 1.54) is 4.88 Å². The van der Waals surface area contributed by atoms with Crippen molar-refractivity contribution in [3.8, 4) is 0 Å². The first-order chi connectivity index (χ1) is 8.68. The number of hydrogen-bond acceptors (Lipinski definition) is 5. The summed E-state index contributed by atoms with van der Waals surface area (Å²) in [4.78, 5) is 13.3. The second kappa shape index (κ2) is 6.31. The van der Waals surface area contributed by atoms with E-state index in [0.717, 1.165) is 18.5 Å². The number of ether oxygens (including phenoxy) is 2. The van der Waals surface area contributed by atoms with E-state index in [1.54, 1.807) is 11.3 Å². The van der Waals surface area contributed by atoms with Crippen LogP contribution in [0.1, 0.15) is 30.3 Å². The molecule has 1 atom stereocenters. The lowest BCUT2D eigenvalue weighted by Gasteiger charge is -2.22. The fourth-order valence-electron chi connectivity index (χ4n) is 1.97. The minimum Gasteiger partial charge on any atom is -0.462 e. The predicted octanol–water partition coefficient (Wildman–Crippen LogP) is 1.90. The average molecular weight is 269 g/mol. The minimum atomic E-state index is -0.306. The highest BCUT2D eigenvalue weighted by Gasteiger charge is 2.27.